The van der Waals surface area contributed by atoms with Gasteiger partial charge in [0.05, 0.1) is 20.3 Å². The lowest BCUT2D eigenvalue weighted by molar-refractivity contribution is -0.142. The van der Waals surface area contributed by atoms with E-state index in [0.717, 1.165) is 5.69 Å². The zero-order chi connectivity index (χ0) is 18.9. The van der Waals surface area contributed by atoms with Crippen molar-refractivity contribution in [3.05, 3.63) is 18.2 Å². The molecule has 6 nitrogen and oxygen atoms in total. The van der Waals surface area contributed by atoms with Gasteiger partial charge in [0.25, 0.3) is 0 Å². The second kappa shape index (κ2) is 9.97. The van der Waals surface area contributed by atoms with Crippen molar-refractivity contribution in [1.29, 1.82) is 0 Å². The van der Waals surface area contributed by atoms with Crippen molar-refractivity contribution in [1.82, 2.24) is 10.2 Å². The van der Waals surface area contributed by atoms with Gasteiger partial charge in [0.1, 0.15) is 0 Å². The summed E-state index contributed by atoms with van der Waals surface area (Å²) < 4.78 is 47.6. The third-order valence-corrected chi connectivity index (χ3v) is 3.18. The first-order chi connectivity index (χ1) is 11.8. The molecule has 0 aromatic heterocycles. The summed E-state index contributed by atoms with van der Waals surface area (Å²) in [6, 6.07) is 5.33. The van der Waals surface area contributed by atoms with Crippen molar-refractivity contribution in [2.24, 2.45) is 4.99 Å². The van der Waals surface area contributed by atoms with Crippen LogP contribution in [0, 0.1) is 0 Å². The summed E-state index contributed by atoms with van der Waals surface area (Å²) in [6.45, 7) is 1.97. The molecule has 142 valence electrons. The highest BCUT2D eigenvalue weighted by atomic mass is 19.4. The minimum atomic E-state index is -4.20. The van der Waals surface area contributed by atoms with Crippen molar-refractivity contribution in [2.45, 2.75) is 13.1 Å². The molecule has 1 aromatic rings. The number of aliphatic imine (C=N–C) groups is 1. The first kappa shape index (κ1) is 20.9. The highest BCUT2D eigenvalue weighted by molar-refractivity contribution is 5.93. The highest BCUT2D eigenvalue weighted by Gasteiger charge is 2.28. The first-order valence-electron chi connectivity index (χ1n) is 7.82. The lowest BCUT2D eigenvalue weighted by Gasteiger charge is -2.19. The van der Waals surface area contributed by atoms with E-state index in [2.05, 4.69) is 15.6 Å². The number of hydrogen-bond acceptors (Lipinski definition) is 4. The lowest BCUT2D eigenvalue weighted by Crippen LogP contribution is -2.39. The number of methoxy groups -OCH3 is 1. The molecule has 0 aliphatic rings. The van der Waals surface area contributed by atoms with Crippen LogP contribution >= 0.6 is 0 Å². The zero-order valence-electron chi connectivity index (χ0n) is 14.9. The normalized spacial score (nSPS) is 12.2. The van der Waals surface area contributed by atoms with Gasteiger partial charge >= 0.3 is 6.18 Å². The monoisotopic (exact) mass is 362 g/mol. The van der Waals surface area contributed by atoms with Gasteiger partial charge in [-0.25, -0.2) is 0 Å². The van der Waals surface area contributed by atoms with Crippen LogP contribution in [0.2, 0.25) is 0 Å². The van der Waals surface area contributed by atoms with E-state index in [-0.39, 0.29) is 6.54 Å². The molecule has 0 spiro atoms. The van der Waals surface area contributed by atoms with Crippen LogP contribution in [-0.2, 0) is 0 Å². The first-order valence-corrected chi connectivity index (χ1v) is 7.82. The summed E-state index contributed by atoms with van der Waals surface area (Å²) in [4.78, 5) is 5.25. The van der Waals surface area contributed by atoms with E-state index < -0.39 is 12.7 Å². The Balaban J connectivity index is 2.57. The Morgan fingerprint density at radius 2 is 2.00 bits per heavy atom. The summed E-state index contributed by atoms with van der Waals surface area (Å²) in [5.41, 5.74) is 0.723. The molecule has 0 aliphatic carbocycles. The van der Waals surface area contributed by atoms with E-state index in [9.17, 15) is 13.2 Å². The topological polar surface area (TPSA) is 58.1 Å². The van der Waals surface area contributed by atoms with Crippen molar-refractivity contribution in [3.63, 3.8) is 0 Å². The van der Waals surface area contributed by atoms with Gasteiger partial charge in [0.15, 0.2) is 17.5 Å². The maximum Gasteiger partial charge on any atom is 0.401 e. The molecule has 0 atom stereocenters. The molecular formula is C16H25F3N4O2. The Hall–Kier alpha value is -2.16. The molecule has 9 heteroatoms. The molecule has 2 N–H and O–H groups in total. The quantitative estimate of drug-likeness (QED) is 0.550. The van der Waals surface area contributed by atoms with Gasteiger partial charge in [-0.15, -0.1) is 0 Å². The molecule has 0 radical (unpaired) electrons. The fourth-order valence-corrected chi connectivity index (χ4v) is 2.09. The smallest absolute Gasteiger partial charge is 0.401 e. The fraction of sp³-hybridized carbons (Fsp3) is 0.562. The van der Waals surface area contributed by atoms with Crippen LogP contribution < -0.4 is 20.1 Å². The van der Waals surface area contributed by atoms with Gasteiger partial charge in [0.2, 0.25) is 0 Å². The summed E-state index contributed by atoms with van der Waals surface area (Å²) in [5.74, 6) is 1.66. The molecule has 0 unspecified atom stereocenters. The van der Waals surface area contributed by atoms with Crippen molar-refractivity contribution < 1.29 is 22.6 Å². The number of halogens is 3. The molecule has 0 saturated carbocycles. The maximum absolute atomic E-state index is 12.3. The zero-order valence-corrected chi connectivity index (χ0v) is 14.9. The minimum absolute atomic E-state index is 0.229. The van der Waals surface area contributed by atoms with Gasteiger partial charge in [-0.2, -0.15) is 13.2 Å². The second-order valence-electron chi connectivity index (χ2n) is 5.28. The number of rotatable bonds is 8. The number of benzene rings is 1. The Morgan fingerprint density at radius 3 is 2.56 bits per heavy atom. The number of hydrogen-bond donors (Lipinski definition) is 2. The highest BCUT2D eigenvalue weighted by Crippen LogP contribution is 2.30. The Bertz CT molecular complexity index is 565. The molecule has 1 rings (SSSR count). The maximum atomic E-state index is 12.3. The number of guanidine groups is 1. The largest absolute Gasteiger partial charge is 0.493 e. The van der Waals surface area contributed by atoms with Gasteiger partial charge in [-0.1, -0.05) is 0 Å². The summed E-state index contributed by atoms with van der Waals surface area (Å²) in [5, 5.41) is 6.04. The van der Waals surface area contributed by atoms with E-state index in [1.807, 2.05) is 6.92 Å². The summed E-state index contributed by atoms with van der Waals surface area (Å²) >= 11 is 0. The van der Waals surface area contributed by atoms with Crippen LogP contribution in [0.1, 0.15) is 6.92 Å². The Kier molecular flexibility index (Phi) is 8.33. The van der Waals surface area contributed by atoms with Crippen LogP contribution in [0.15, 0.2) is 23.2 Å². The average molecular weight is 362 g/mol. The molecule has 0 heterocycles. The Morgan fingerprint density at radius 1 is 1.28 bits per heavy atom. The predicted molar refractivity (Wildman–Crippen MR) is 92.7 cm³/mol. The van der Waals surface area contributed by atoms with E-state index >= 15 is 0 Å². The van der Waals surface area contributed by atoms with Crippen molar-refractivity contribution >= 4 is 11.6 Å². The van der Waals surface area contributed by atoms with Crippen LogP contribution in [-0.4, -0.2) is 64.5 Å². The molecule has 0 bridgehead atoms. The molecule has 0 fully saturated rings. The van der Waals surface area contributed by atoms with E-state index in [4.69, 9.17) is 9.47 Å². The molecule has 25 heavy (non-hydrogen) atoms. The Labute approximate surface area is 146 Å². The lowest BCUT2D eigenvalue weighted by atomic mass is 10.2. The van der Waals surface area contributed by atoms with Crippen molar-refractivity contribution in [3.8, 4) is 11.5 Å². The summed E-state index contributed by atoms with van der Waals surface area (Å²) in [7, 11) is 4.56. The number of likely N-dealkylation sites (N-methyl/N-ethyl adjacent to an activating group) is 1. The average Bonchev–Trinajstić information content (AvgIpc) is 2.52. The summed E-state index contributed by atoms with van der Waals surface area (Å²) in [6.07, 6.45) is -4.20. The number of anilines is 1. The predicted octanol–water partition coefficient (Wildman–Crippen LogP) is 2.58. The van der Waals surface area contributed by atoms with Crippen LogP contribution in [0.25, 0.3) is 0 Å². The molecular weight excluding hydrogens is 337 g/mol. The van der Waals surface area contributed by atoms with E-state index in [0.29, 0.717) is 30.6 Å². The number of ether oxygens (including phenoxy) is 2. The number of nitrogens with zero attached hydrogens (tertiary/aromatic N) is 2. The van der Waals surface area contributed by atoms with E-state index in [1.54, 1.807) is 32.4 Å². The third-order valence-electron chi connectivity index (χ3n) is 3.18. The molecule has 0 aliphatic heterocycles. The standard InChI is InChI=1S/C16H25F3N4O2/c1-5-25-14-10-12(6-7-13(14)24-4)22-15(20-2)21-8-9-23(3)11-16(17,18)19/h6-7,10H,5,8-9,11H2,1-4H3,(H2,20,21,22). The van der Waals surface area contributed by atoms with Gasteiger partial charge < -0.3 is 20.1 Å². The fourth-order valence-electron chi connectivity index (χ4n) is 2.09. The number of nitrogens with one attached hydrogen (secondary N) is 2. The molecule has 0 amide bonds. The van der Waals surface area contributed by atoms with Crippen LogP contribution in [0.3, 0.4) is 0 Å². The SMILES string of the molecule is CCOc1cc(NC(=NC)NCCN(C)CC(F)(F)F)ccc1OC. The van der Waals surface area contributed by atoms with Crippen LogP contribution in [0.4, 0.5) is 18.9 Å². The van der Waals surface area contributed by atoms with Crippen molar-refractivity contribution in [2.75, 3.05) is 52.8 Å². The minimum Gasteiger partial charge on any atom is -0.493 e. The van der Waals surface area contributed by atoms with Crippen LogP contribution in [0.5, 0.6) is 11.5 Å². The van der Waals surface area contributed by atoms with Gasteiger partial charge in [-0.3, -0.25) is 9.89 Å². The van der Waals surface area contributed by atoms with Gasteiger partial charge in [0, 0.05) is 31.9 Å². The molecule has 1 aromatic carbocycles. The second-order valence-corrected chi connectivity index (χ2v) is 5.28. The molecule has 0 saturated heterocycles. The number of alkyl halides is 3. The van der Waals surface area contributed by atoms with Gasteiger partial charge in [-0.05, 0) is 26.1 Å². The third kappa shape index (κ3) is 7.97. The van der Waals surface area contributed by atoms with E-state index in [1.165, 1.54) is 11.9 Å².